The van der Waals surface area contributed by atoms with Crippen LogP contribution in [-0.4, -0.2) is 31.2 Å². The van der Waals surface area contributed by atoms with E-state index in [1.54, 1.807) is 14.2 Å². The second-order valence-corrected chi connectivity index (χ2v) is 6.22. The first-order valence-corrected chi connectivity index (χ1v) is 8.08. The van der Waals surface area contributed by atoms with E-state index in [0.29, 0.717) is 16.6 Å². The summed E-state index contributed by atoms with van der Waals surface area (Å²) in [4.78, 5) is 16.4. The Labute approximate surface area is 139 Å². The van der Waals surface area contributed by atoms with Gasteiger partial charge in [0.2, 0.25) is 5.91 Å². The molecule has 1 unspecified atom stereocenters. The zero-order chi connectivity index (χ0) is 17.0. The van der Waals surface area contributed by atoms with Crippen LogP contribution in [0.5, 0.6) is 11.5 Å². The van der Waals surface area contributed by atoms with Crippen LogP contribution in [0.3, 0.4) is 0 Å². The molecule has 0 aliphatic rings. The Kier molecular flexibility index (Phi) is 5.57. The molecule has 0 aliphatic carbocycles. The van der Waals surface area contributed by atoms with Crippen molar-refractivity contribution in [1.29, 1.82) is 0 Å². The Morgan fingerprint density at radius 1 is 1.26 bits per heavy atom. The van der Waals surface area contributed by atoms with Gasteiger partial charge >= 0.3 is 0 Å². The number of anilines is 1. The van der Waals surface area contributed by atoms with Crippen LogP contribution in [-0.2, 0) is 4.79 Å². The number of carbonyl (C=O) groups excluding carboxylic acids is 1. The van der Waals surface area contributed by atoms with Crippen LogP contribution in [0.4, 0.5) is 5.13 Å². The zero-order valence-electron chi connectivity index (χ0n) is 13.6. The third-order valence-corrected chi connectivity index (χ3v) is 4.19. The summed E-state index contributed by atoms with van der Waals surface area (Å²) in [7, 11) is 3.17. The molecule has 6 nitrogen and oxygen atoms in total. The van der Waals surface area contributed by atoms with Crippen molar-refractivity contribution in [2.24, 2.45) is 11.7 Å². The summed E-state index contributed by atoms with van der Waals surface area (Å²) in [5, 5.41) is 5.15. The molecule has 1 amide bonds. The molecule has 0 radical (unpaired) electrons. The molecule has 1 aromatic heterocycles. The van der Waals surface area contributed by atoms with Crippen molar-refractivity contribution in [2.45, 2.75) is 19.9 Å². The summed E-state index contributed by atoms with van der Waals surface area (Å²) < 4.78 is 10.5. The van der Waals surface area contributed by atoms with E-state index in [1.807, 2.05) is 37.4 Å². The van der Waals surface area contributed by atoms with Gasteiger partial charge in [-0.25, -0.2) is 4.98 Å². The van der Waals surface area contributed by atoms with Gasteiger partial charge in [-0.15, -0.1) is 11.3 Å². The van der Waals surface area contributed by atoms with Crippen molar-refractivity contribution in [2.75, 3.05) is 19.5 Å². The van der Waals surface area contributed by atoms with Gasteiger partial charge in [0.15, 0.2) is 16.6 Å². The van der Waals surface area contributed by atoms with Gasteiger partial charge in [-0.1, -0.05) is 13.8 Å². The van der Waals surface area contributed by atoms with Crippen LogP contribution in [0, 0.1) is 5.92 Å². The van der Waals surface area contributed by atoms with E-state index in [0.717, 1.165) is 11.3 Å². The van der Waals surface area contributed by atoms with E-state index in [-0.39, 0.29) is 11.8 Å². The molecule has 2 rings (SSSR count). The van der Waals surface area contributed by atoms with Crippen LogP contribution < -0.4 is 20.5 Å². The third-order valence-electron chi connectivity index (χ3n) is 3.43. The number of methoxy groups -OCH3 is 2. The smallest absolute Gasteiger partial charge is 0.243 e. The number of hydrogen-bond acceptors (Lipinski definition) is 6. The number of benzene rings is 1. The first-order chi connectivity index (χ1) is 11.0. The van der Waals surface area contributed by atoms with E-state index in [9.17, 15) is 4.79 Å². The van der Waals surface area contributed by atoms with Crippen molar-refractivity contribution >= 4 is 22.4 Å². The van der Waals surface area contributed by atoms with Crippen molar-refractivity contribution in [1.82, 2.24) is 4.98 Å². The SMILES string of the molecule is COc1ccc(-c2csc(NC(=O)C(N)C(C)C)n2)cc1OC. The largest absolute Gasteiger partial charge is 0.493 e. The van der Waals surface area contributed by atoms with Crippen molar-refractivity contribution in [3.63, 3.8) is 0 Å². The van der Waals surface area contributed by atoms with Gasteiger partial charge in [0.05, 0.1) is 26.0 Å². The highest BCUT2D eigenvalue weighted by atomic mass is 32.1. The first kappa shape index (κ1) is 17.2. The summed E-state index contributed by atoms with van der Waals surface area (Å²) in [6, 6.07) is 5.00. The molecular weight excluding hydrogens is 314 g/mol. The lowest BCUT2D eigenvalue weighted by atomic mass is 10.1. The van der Waals surface area contributed by atoms with Crippen molar-refractivity contribution in [3.8, 4) is 22.8 Å². The number of nitrogens with zero attached hydrogens (tertiary/aromatic N) is 1. The number of amides is 1. The van der Waals surface area contributed by atoms with Crippen LogP contribution in [0.15, 0.2) is 23.6 Å². The summed E-state index contributed by atoms with van der Waals surface area (Å²) in [5.41, 5.74) is 7.47. The van der Waals surface area contributed by atoms with Crippen LogP contribution in [0.1, 0.15) is 13.8 Å². The first-order valence-electron chi connectivity index (χ1n) is 7.20. The second-order valence-electron chi connectivity index (χ2n) is 5.37. The molecule has 1 aromatic carbocycles. The van der Waals surface area contributed by atoms with E-state index < -0.39 is 6.04 Å². The fourth-order valence-corrected chi connectivity index (χ4v) is 2.67. The fourth-order valence-electron chi connectivity index (χ4n) is 1.95. The van der Waals surface area contributed by atoms with Crippen LogP contribution in [0.2, 0.25) is 0 Å². The Balaban J connectivity index is 2.18. The number of carbonyl (C=O) groups is 1. The lowest BCUT2D eigenvalue weighted by molar-refractivity contribution is -0.118. The van der Waals surface area contributed by atoms with E-state index in [2.05, 4.69) is 10.3 Å². The summed E-state index contributed by atoms with van der Waals surface area (Å²) in [6.45, 7) is 3.81. The quantitative estimate of drug-likeness (QED) is 0.847. The highest BCUT2D eigenvalue weighted by molar-refractivity contribution is 7.14. The van der Waals surface area contributed by atoms with Crippen LogP contribution >= 0.6 is 11.3 Å². The van der Waals surface area contributed by atoms with E-state index in [1.165, 1.54) is 11.3 Å². The number of aromatic nitrogens is 1. The molecule has 1 atom stereocenters. The molecule has 0 saturated carbocycles. The topological polar surface area (TPSA) is 86.5 Å². The maximum atomic E-state index is 12.0. The molecule has 2 aromatic rings. The molecule has 0 bridgehead atoms. The number of nitrogens with two attached hydrogens (primary N) is 1. The minimum atomic E-state index is -0.552. The third kappa shape index (κ3) is 4.00. The van der Waals surface area contributed by atoms with Gasteiger partial charge in [-0.2, -0.15) is 0 Å². The Bertz CT molecular complexity index is 685. The Morgan fingerprint density at radius 3 is 2.57 bits per heavy atom. The average Bonchev–Trinajstić information content (AvgIpc) is 3.01. The minimum Gasteiger partial charge on any atom is -0.493 e. The zero-order valence-corrected chi connectivity index (χ0v) is 14.4. The molecule has 3 N–H and O–H groups in total. The molecule has 23 heavy (non-hydrogen) atoms. The normalized spacial score (nSPS) is 12.1. The number of nitrogens with one attached hydrogen (secondary N) is 1. The number of ether oxygens (including phenoxy) is 2. The molecule has 7 heteroatoms. The Hall–Kier alpha value is -2.12. The number of thiazole rings is 1. The number of rotatable bonds is 6. The van der Waals surface area contributed by atoms with E-state index in [4.69, 9.17) is 15.2 Å². The standard InChI is InChI=1S/C16H21N3O3S/c1-9(2)14(17)15(20)19-16-18-11(8-23-16)10-5-6-12(21-3)13(7-10)22-4/h5-9,14H,17H2,1-4H3,(H,18,19,20). The van der Waals surface area contributed by atoms with Gasteiger partial charge in [0.25, 0.3) is 0 Å². The van der Waals surface area contributed by atoms with Gasteiger partial charge in [0, 0.05) is 10.9 Å². The van der Waals surface area contributed by atoms with Crippen molar-refractivity contribution in [3.05, 3.63) is 23.6 Å². The Morgan fingerprint density at radius 2 is 1.96 bits per heavy atom. The lowest BCUT2D eigenvalue weighted by Gasteiger charge is -2.13. The predicted molar refractivity (Wildman–Crippen MR) is 92.1 cm³/mol. The van der Waals surface area contributed by atoms with Gasteiger partial charge < -0.3 is 20.5 Å². The summed E-state index contributed by atoms with van der Waals surface area (Å²) in [6.07, 6.45) is 0. The average molecular weight is 335 g/mol. The molecule has 124 valence electrons. The predicted octanol–water partition coefficient (Wildman–Crippen LogP) is 2.75. The highest BCUT2D eigenvalue weighted by Gasteiger charge is 2.18. The molecule has 1 heterocycles. The highest BCUT2D eigenvalue weighted by Crippen LogP contribution is 2.33. The second kappa shape index (κ2) is 7.43. The van der Waals surface area contributed by atoms with Gasteiger partial charge in [-0.05, 0) is 24.1 Å². The molecule has 0 spiro atoms. The molecule has 0 aliphatic heterocycles. The summed E-state index contributed by atoms with van der Waals surface area (Å²) in [5.74, 6) is 1.13. The van der Waals surface area contributed by atoms with Crippen molar-refractivity contribution < 1.29 is 14.3 Å². The fraction of sp³-hybridized carbons (Fsp3) is 0.375. The lowest BCUT2D eigenvalue weighted by Crippen LogP contribution is -2.39. The molecule has 0 fully saturated rings. The number of hydrogen-bond donors (Lipinski definition) is 2. The maximum absolute atomic E-state index is 12.0. The molecular formula is C16H21N3O3S. The van der Waals surface area contributed by atoms with E-state index >= 15 is 0 Å². The van der Waals surface area contributed by atoms with Gasteiger partial charge in [0.1, 0.15) is 0 Å². The maximum Gasteiger partial charge on any atom is 0.243 e. The van der Waals surface area contributed by atoms with Gasteiger partial charge in [-0.3, -0.25) is 4.79 Å². The van der Waals surface area contributed by atoms with Crippen LogP contribution in [0.25, 0.3) is 11.3 Å². The summed E-state index contributed by atoms with van der Waals surface area (Å²) >= 11 is 1.35. The monoisotopic (exact) mass is 335 g/mol. The minimum absolute atomic E-state index is 0.0697. The molecule has 0 saturated heterocycles.